The summed E-state index contributed by atoms with van der Waals surface area (Å²) in [5.41, 5.74) is 2.67. The summed E-state index contributed by atoms with van der Waals surface area (Å²) in [7, 11) is 5.61. The molecule has 3 aromatic carbocycles. The number of hydrogen-bond donors (Lipinski definition) is 0. The molecule has 3 aromatic rings. The average molecular weight is 463 g/mol. The predicted octanol–water partition coefficient (Wildman–Crippen LogP) is 6.09. The number of hydrogen-bond acceptors (Lipinski definition) is 5. The van der Waals surface area contributed by atoms with E-state index in [0.717, 1.165) is 56.0 Å². The number of benzene rings is 3. The van der Waals surface area contributed by atoms with Gasteiger partial charge in [-0.15, -0.1) is 0 Å². The Morgan fingerprint density at radius 3 is 2.29 bits per heavy atom. The van der Waals surface area contributed by atoms with Crippen LogP contribution in [0.1, 0.15) is 44.2 Å². The largest absolute Gasteiger partial charge is 0.493 e. The second-order valence-corrected chi connectivity index (χ2v) is 9.12. The van der Waals surface area contributed by atoms with E-state index in [1.165, 1.54) is 21.9 Å². The molecule has 2 unspecified atom stereocenters. The number of nitrogens with zero attached hydrogens (tertiary/aromatic N) is 2. The number of methoxy groups -OCH3 is 2. The first-order valence-corrected chi connectivity index (χ1v) is 12.4. The summed E-state index contributed by atoms with van der Waals surface area (Å²) in [5.74, 6) is 2.54. The summed E-state index contributed by atoms with van der Waals surface area (Å²) in [5, 5.41) is 2.45. The fourth-order valence-electron chi connectivity index (χ4n) is 5.15. The van der Waals surface area contributed by atoms with Gasteiger partial charge < -0.3 is 14.2 Å². The first-order chi connectivity index (χ1) is 16.6. The van der Waals surface area contributed by atoms with Crippen molar-refractivity contribution in [2.75, 3.05) is 27.8 Å². The van der Waals surface area contributed by atoms with Gasteiger partial charge in [0.25, 0.3) is 0 Å². The summed E-state index contributed by atoms with van der Waals surface area (Å²) in [6.07, 6.45) is 4.39. The Kier molecular flexibility index (Phi) is 7.96. The highest BCUT2D eigenvalue weighted by Crippen LogP contribution is 2.34. The molecule has 0 radical (unpaired) electrons. The third-order valence-corrected chi connectivity index (χ3v) is 6.99. The molecule has 0 amide bonds. The van der Waals surface area contributed by atoms with Gasteiger partial charge in [-0.1, -0.05) is 50.6 Å². The van der Waals surface area contributed by atoms with E-state index in [9.17, 15) is 0 Å². The molecule has 0 aliphatic carbocycles. The van der Waals surface area contributed by atoms with Crippen LogP contribution in [0.2, 0.25) is 0 Å². The molecule has 0 bridgehead atoms. The number of rotatable bonds is 10. The van der Waals surface area contributed by atoms with Crippen LogP contribution in [0, 0.1) is 0 Å². The lowest BCUT2D eigenvalue weighted by molar-refractivity contribution is -0.0558. The first kappa shape index (κ1) is 24.4. The van der Waals surface area contributed by atoms with Crippen LogP contribution >= 0.6 is 0 Å². The SMILES string of the molecule is CCCC(Oc1ccc2ccccc2c1)N(C)C(CC)N1CCc2cc(OC)c(OC)cc2C1. The van der Waals surface area contributed by atoms with E-state index >= 15 is 0 Å². The first-order valence-electron chi connectivity index (χ1n) is 12.4. The lowest BCUT2D eigenvalue weighted by atomic mass is 9.98. The lowest BCUT2D eigenvalue weighted by Crippen LogP contribution is -2.53. The molecule has 0 N–H and O–H groups in total. The monoisotopic (exact) mass is 462 g/mol. The van der Waals surface area contributed by atoms with Crippen LogP contribution in [0.25, 0.3) is 10.8 Å². The zero-order chi connectivity index (χ0) is 24.1. The van der Waals surface area contributed by atoms with Crippen LogP contribution in [0.4, 0.5) is 0 Å². The molecule has 34 heavy (non-hydrogen) atoms. The fraction of sp³-hybridized carbons (Fsp3) is 0.448. The summed E-state index contributed by atoms with van der Waals surface area (Å²) >= 11 is 0. The van der Waals surface area contributed by atoms with E-state index in [0.29, 0.717) is 6.17 Å². The van der Waals surface area contributed by atoms with E-state index in [-0.39, 0.29) is 6.23 Å². The van der Waals surface area contributed by atoms with Gasteiger partial charge in [0.2, 0.25) is 0 Å². The second-order valence-electron chi connectivity index (χ2n) is 9.12. The second kappa shape index (κ2) is 11.1. The molecular weight excluding hydrogens is 424 g/mol. The molecule has 1 heterocycles. The fourth-order valence-corrected chi connectivity index (χ4v) is 5.15. The predicted molar refractivity (Wildman–Crippen MR) is 139 cm³/mol. The minimum Gasteiger partial charge on any atom is -0.493 e. The van der Waals surface area contributed by atoms with Crippen LogP contribution in [-0.4, -0.2) is 50.0 Å². The molecule has 1 aliphatic rings. The highest BCUT2D eigenvalue weighted by molar-refractivity contribution is 5.83. The quantitative estimate of drug-likeness (QED) is 0.341. The zero-order valence-corrected chi connectivity index (χ0v) is 21.2. The molecule has 0 fully saturated rings. The normalized spacial score (nSPS) is 15.7. The molecule has 4 rings (SSSR count). The molecule has 182 valence electrons. The Hall–Kier alpha value is -2.76. The van der Waals surface area contributed by atoms with Crippen molar-refractivity contribution in [1.82, 2.24) is 9.80 Å². The third kappa shape index (κ3) is 5.16. The zero-order valence-electron chi connectivity index (χ0n) is 21.2. The summed E-state index contributed by atoms with van der Waals surface area (Å²) < 4.78 is 17.7. The van der Waals surface area contributed by atoms with E-state index in [1.54, 1.807) is 14.2 Å². The highest BCUT2D eigenvalue weighted by Gasteiger charge is 2.30. The molecule has 5 nitrogen and oxygen atoms in total. The molecule has 5 heteroatoms. The maximum Gasteiger partial charge on any atom is 0.161 e. The van der Waals surface area contributed by atoms with Crippen LogP contribution in [-0.2, 0) is 13.0 Å². The van der Waals surface area contributed by atoms with Gasteiger partial charge in [0, 0.05) is 13.1 Å². The van der Waals surface area contributed by atoms with E-state index in [4.69, 9.17) is 14.2 Å². The topological polar surface area (TPSA) is 34.2 Å². The van der Waals surface area contributed by atoms with Crippen molar-refractivity contribution in [3.8, 4) is 17.2 Å². The van der Waals surface area contributed by atoms with Crippen molar-refractivity contribution >= 4 is 10.8 Å². The number of ether oxygens (including phenoxy) is 3. The van der Waals surface area contributed by atoms with Gasteiger partial charge in [-0.2, -0.15) is 0 Å². The molecular formula is C29H38N2O3. The van der Waals surface area contributed by atoms with E-state index < -0.39 is 0 Å². The lowest BCUT2D eigenvalue weighted by Gasteiger charge is -2.43. The Labute approximate surface area is 204 Å². The minimum atomic E-state index is 0.0166. The maximum atomic E-state index is 6.60. The third-order valence-electron chi connectivity index (χ3n) is 6.99. The number of fused-ring (bicyclic) bond motifs is 2. The summed E-state index contributed by atoms with van der Waals surface area (Å²) in [6, 6.07) is 19.1. The van der Waals surface area contributed by atoms with Gasteiger partial charge in [-0.05, 0) is 72.5 Å². The highest BCUT2D eigenvalue weighted by atomic mass is 16.5. The van der Waals surface area contributed by atoms with Crippen LogP contribution < -0.4 is 14.2 Å². The van der Waals surface area contributed by atoms with Crippen LogP contribution in [0.3, 0.4) is 0 Å². The maximum absolute atomic E-state index is 6.60. The van der Waals surface area contributed by atoms with Gasteiger partial charge in [0.05, 0.1) is 20.4 Å². The standard InChI is InChI=1S/C29H38N2O3/c1-6-10-29(34-25-14-13-21-11-8-9-12-22(21)17-25)30(3)28(7-2)31-16-15-23-18-26(32-4)27(33-5)19-24(23)20-31/h8-9,11-14,17-19,28-29H,6-7,10,15-16,20H2,1-5H3. The molecule has 0 aromatic heterocycles. The van der Waals surface area contributed by atoms with Gasteiger partial charge in [0.15, 0.2) is 17.7 Å². The molecule has 2 atom stereocenters. The van der Waals surface area contributed by atoms with Crippen molar-refractivity contribution in [1.29, 1.82) is 0 Å². The van der Waals surface area contributed by atoms with Crippen LogP contribution in [0.5, 0.6) is 17.2 Å². The van der Waals surface area contributed by atoms with Gasteiger partial charge in [0.1, 0.15) is 5.75 Å². The Balaban J connectivity index is 1.53. The average Bonchev–Trinajstić information content (AvgIpc) is 2.87. The van der Waals surface area contributed by atoms with Crippen molar-refractivity contribution in [2.24, 2.45) is 0 Å². The Bertz CT molecular complexity index is 1100. The van der Waals surface area contributed by atoms with E-state index in [1.807, 2.05) is 0 Å². The Morgan fingerprint density at radius 2 is 1.62 bits per heavy atom. The minimum absolute atomic E-state index is 0.0166. The van der Waals surface area contributed by atoms with Gasteiger partial charge >= 0.3 is 0 Å². The van der Waals surface area contributed by atoms with E-state index in [2.05, 4.69) is 85.3 Å². The van der Waals surface area contributed by atoms with Crippen LogP contribution in [0.15, 0.2) is 54.6 Å². The van der Waals surface area contributed by atoms with Crippen molar-refractivity contribution in [2.45, 2.75) is 58.5 Å². The summed E-state index contributed by atoms with van der Waals surface area (Å²) in [6.45, 7) is 6.40. The van der Waals surface area contributed by atoms with Gasteiger partial charge in [-0.25, -0.2) is 0 Å². The van der Waals surface area contributed by atoms with Crippen molar-refractivity contribution in [3.05, 3.63) is 65.7 Å². The van der Waals surface area contributed by atoms with Gasteiger partial charge in [-0.3, -0.25) is 9.80 Å². The molecule has 1 aliphatic heterocycles. The van der Waals surface area contributed by atoms with Crippen molar-refractivity contribution in [3.63, 3.8) is 0 Å². The Morgan fingerprint density at radius 1 is 0.912 bits per heavy atom. The molecule has 0 saturated carbocycles. The van der Waals surface area contributed by atoms with Crippen molar-refractivity contribution < 1.29 is 14.2 Å². The smallest absolute Gasteiger partial charge is 0.161 e. The summed E-state index contributed by atoms with van der Waals surface area (Å²) in [4.78, 5) is 4.99. The molecule has 0 spiro atoms. The molecule has 0 saturated heterocycles.